The zero-order valence-electron chi connectivity index (χ0n) is 12.9. The molecule has 0 aliphatic heterocycles. The quantitative estimate of drug-likeness (QED) is 0.818. The van der Waals surface area contributed by atoms with Gasteiger partial charge in [-0.3, -0.25) is 9.58 Å². The molecule has 0 spiro atoms. The maximum absolute atomic E-state index is 6.25. The summed E-state index contributed by atoms with van der Waals surface area (Å²) in [6.45, 7) is 3.08. The summed E-state index contributed by atoms with van der Waals surface area (Å²) in [5.41, 5.74) is 0.801. The molecule has 1 saturated carbocycles. The van der Waals surface area contributed by atoms with Crippen LogP contribution in [-0.4, -0.2) is 37.7 Å². The molecule has 114 valence electrons. The molecule has 0 bridgehead atoms. The zero-order valence-corrected chi connectivity index (χ0v) is 13.6. The Hall–Kier alpha value is -1.20. The van der Waals surface area contributed by atoms with Gasteiger partial charge in [0.05, 0.1) is 18.1 Å². The Balaban J connectivity index is 1.82. The highest BCUT2D eigenvalue weighted by atomic mass is 35.5. The molecule has 2 heterocycles. The van der Waals surface area contributed by atoms with Crippen molar-refractivity contribution in [2.45, 2.75) is 45.2 Å². The van der Waals surface area contributed by atoms with Gasteiger partial charge in [0.25, 0.3) is 0 Å². The van der Waals surface area contributed by atoms with Gasteiger partial charge in [0.2, 0.25) is 0 Å². The van der Waals surface area contributed by atoms with Crippen molar-refractivity contribution in [2.75, 3.05) is 7.05 Å². The van der Waals surface area contributed by atoms with Crippen molar-refractivity contribution in [3.63, 3.8) is 0 Å². The molecule has 21 heavy (non-hydrogen) atoms. The van der Waals surface area contributed by atoms with Gasteiger partial charge in [-0.25, -0.2) is 9.97 Å². The molecule has 0 amide bonds. The van der Waals surface area contributed by atoms with Gasteiger partial charge in [-0.15, -0.1) is 0 Å². The largest absolute Gasteiger partial charge is 0.296 e. The van der Waals surface area contributed by atoms with Gasteiger partial charge >= 0.3 is 0 Å². The van der Waals surface area contributed by atoms with Gasteiger partial charge in [0, 0.05) is 13.1 Å². The lowest BCUT2D eigenvalue weighted by atomic mass is 9.85. The Morgan fingerprint density at radius 2 is 2.10 bits per heavy atom. The van der Waals surface area contributed by atoms with Crippen LogP contribution in [0.2, 0.25) is 5.15 Å². The van der Waals surface area contributed by atoms with E-state index >= 15 is 0 Å². The van der Waals surface area contributed by atoms with Gasteiger partial charge in [-0.05, 0) is 25.8 Å². The van der Waals surface area contributed by atoms with Gasteiger partial charge in [-0.2, -0.15) is 5.10 Å². The Kier molecular flexibility index (Phi) is 4.13. The van der Waals surface area contributed by atoms with Crippen molar-refractivity contribution < 1.29 is 0 Å². The number of hydrogen-bond donors (Lipinski definition) is 0. The predicted molar refractivity (Wildman–Crippen MR) is 84.2 cm³/mol. The smallest absolute Gasteiger partial charge is 0.162 e. The Morgan fingerprint density at radius 3 is 2.86 bits per heavy atom. The maximum Gasteiger partial charge on any atom is 0.162 e. The molecule has 2 aromatic heterocycles. The molecule has 0 aromatic carbocycles. The number of halogens is 1. The summed E-state index contributed by atoms with van der Waals surface area (Å²) < 4.78 is 1.75. The lowest BCUT2D eigenvalue weighted by molar-refractivity contribution is 0.130. The number of fused-ring (bicyclic) bond motifs is 1. The third-order valence-electron chi connectivity index (χ3n) is 4.62. The first kappa shape index (κ1) is 14.7. The summed E-state index contributed by atoms with van der Waals surface area (Å²) in [6, 6.07) is 0.614. The highest BCUT2D eigenvalue weighted by Gasteiger charge is 2.25. The number of nitrogens with zero attached hydrogens (tertiary/aromatic N) is 5. The van der Waals surface area contributed by atoms with E-state index in [1.165, 1.54) is 25.7 Å². The third-order valence-corrected chi connectivity index (χ3v) is 4.90. The third kappa shape index (κ3) is 2.90. The number of aromatic nitrogens is 4. The van der Waals surface area contributed by atoms with Crippen molar-refractivity contribution in [3.8, 4) is 0 Å². The van der Waals surface area contributed by atoms with Crippen molar-refractivity contribution in [1.82, 2.24) is 24.6 Å². The monoisotopic (exact) mass is 307 g/mol. The standard InChI is InChI=1S/C15H22ClN5/c1-10-6-4-5-7-12(10)20(2)9-13-18-14(16)11-8-17-21(3)15(11)19-13/h8,10,12H,4-7,9H2,1-3H3. The van der Waals surface area contributed by atoms with Crippen molar-refractivity contribution >= 4 is 22.6 Å². The first-order valence-electron chi connectivity index (χ1n) is 7.60. The van der Waals surface area contributed by atoms with Gasteiger partial charge in [0.15, 0.2) is 5.65 Å². The Morgan fingerprint density at radius 1 is 1.33 bits per heavy atom. The van der Waals surface area contributed by atoms with E-state index in [9.17, 15) is 0 Å². The molecular weight excluding hydrogens is 286 g/mol. The minimum atomic E-state index is 0.494. The van der Waals surface area contributed by atoms with Gasteiger partial charge < -0.3 is 0 Å². The zero-order chi connectivity index (χ0) is 15.0. The maximum atomic E-state index is 6.25. The highest BCUT2D eigenvalue weighted by Crippen LogP contribution is 2.28. The molecule has 5 nitrogen and oxygen atoms in total. The first-order chi connectivity index (χ1) is 10.1. The van der Waals surface area contributed by atoms with Crippen LogP contribution < -0.4 is 0 Å². The molecule has 0 N–H and O–H groups in total. The van der Waals surface area contributed by atoms with Crippen molar-refractivity contribution in [3.05, 3.63) is 17.2 Å². The average molecular weight is 308 g/mol. The molecule has 2 atom stereocenters. The number of aryl methyl sites for hydroxylation is 1. The van der Waals surface area contributed by atoms with Crippen LogP contribution in [0, 0.1) is 5.92 Å². The van der Waals surface area contributed by atoms with E-state index < -0.39 is 0 Å². The fraction of sp³-hybridized carbons (Fsp3) is 0.667. The second-order valence-electron chi connectivity index (χ2n) is 6.18. The summed E-state index contributed by atoms with van der Waals surface area (Å²) in [7, 11) is 4.04. The van der Waals surface area contributed by atoms with E-state index in [0.717, 1.165) is 29.3 Å². The highest BCUT2D eigenvalue weighted by molar-refractivity contribution is 6.33. The molecule has 3 rings (SSSR count). The van der Waals surface area contributed by atoms with Crippen LogP contribution in [0.1, 0.15) is 38.4 Å². The van der Waals surface area contributed by atoms with Crippen LogP contribution in [-0.2, 0) is 13.6 Å². The predicted octanol–water partition coefficient (Wildman–Crippen LogP) is 3.03. The van der Waals surface area contributed by atoms with Crippen LogP contribution in [0.4, 0.5) is 0 Å². The SMILES string of the molecule is CC1CCCCC1N(C)Cc1nc(Cl)c2cnn(C)c2n1. The van der Waals surface area contributed by atoms with E-state index in [4.69, 9.17) is 11.6 Å². The molecule has 1 aliphatic rings. The van der Waals surface area contributed by atoms with E-state index in [-0.39, 0.29) is 0 Å². The molecule has 1 fully saturated rings. The van der Waals surface area contributed by atoms with E-state index in [1.807, 2.05) is 7.05 Å². The lowest BCUT2D eigenvalue weighted by Crippen LogP contribution is -2.38. The summed E-state index contributed by atoms with van der Waals surface area (Å²) in [5, 5.41) is 5.50. The van der Waals surface area contributed by atoms with E-state index in [1.54, 1.807) is 10.9 Å². The second-order valence-corrected chi connectivity index (χ2v) is 6.54. The van der Waals surface area contributed by atoms with Gasteiger partial charge in [-0.1, -0.05) is 31.4 Å². The van der Waals surface area contributed by atoms with Gasteiger partial charge in [0.1, 0.15) is 11.0 Å². The summed E-state index contributed by atoms with van der Waals surface area (Å²) in [6.07, 6.45) is 6.97. The minimum absolute atomic E-state index is 0.494. The second kappa shape index (κ2) is 5.89. The van der Waals surface area contributed by atoms with Crippen molar-refractivity contribution in [2.24, 2.45) is 13.0 Å². The van der Waals surface area contributed by atoms with E-state index in [0.29, 0.717) is 11.2 Å². The van der Waals surface area contributed by atoms with E-state index in [2.05, 4.69) is 33.9 Å². The fourth-order valence-electron chi connectivity index (χ4n) is 3.39. The normalized spacial score (nSPS) is 23.1. The van der Waals surface area contributed by atoms with Crippen LogP contribution in [0.5, 0.6) is 0 Å². The van der Waals surface area contributed by atoms with Crippen LogP contribution in [0.15, 0.2) is 6.20 Å². The number of rotatable bonds is 3. The molecule has 1 aliphatic carbocycles. The molecule has 0 saturated heterocycles. The molecular formula is C15H22ClN5. The Labute approximate surface area is 130 Å². The Bertz CT molecular complexity index is 638. The fourth-order valence-corrected chi connectivity index (χ4v) is 3.62. The average Bonchev–Trinajstić information content (AvgIpc) is 2.81. The summed E-state index contributed by atoms with van der Waals surface area (Å²) in [5.74, 6) is 1.51. The minimum Gasteiger partial charge on any atom is -0.296 e. The molecule has 2 aromatic rings. The van der Waals surface area contributed by atoms with Crippen LogP contribution in [0.3, 0.4) is 0 Å². The van der Waals surface area contributed by atoms with Crippen LogP contribution in [0.25, 0.3) is 11.0 Å². The molecule has 2 unspecified atom stereocenters. The summed E-state index contributed by atoms with van der Waals surface area (Å²) in [4.78, 5) is 11.4. The summed E-state index contributed by atoms with van der Waals surface area (Å²) >= 11 is 6.25. The lowest BCUT2D eigenvalue weighted by Gasteiger charge is -2.35. The van der Waals surface area contributed by atoms with Crippen LogP contribution >= 0.6 is 11.6 Å². The molecule has 0 radical (unpaired) electrons. The first-order valence-corrected chi connectivity index (χ1v) is 7.98. The molecule has 6 heteroatoms. The topological polar surface area (TPSA) is 46.8 Å². The number of hydrogen-bond acceptors (Lipinski definition) is 4. The van der Waals surface area contributed by atoms with Crippen molar-refractivity contribution in [1.29, 1.82) is 0 Å².